The number of amides is 1. The smallest absolute Gasteiger partial charge is 0.358 e. The van der Waals surface area contributed by atoms with Crippen LogP contribution in [0.25, 0.3) is 11.4 Å². The van der Waals surface area contributed by atoms with Gasteiger partial charge in [-0.05, 0) is 155 Å². The van der Waals surface area contributed by atoms with Gasteiger partial charge in [-0.25, -0.2) is 55.8 Å². The number of aromatic nitrogens is 4. The SMILES string of the molecule is C.CCO.CCOC(=O)c1cn(-c2cc(C(=O)Nc3cc(C(C)(C)C)cc(NS(C)(=O)=O)c3OC)ccc2C)cn1.CCOC(=O)c1cn(-c2cc(C(=O)O)ccc2C)cn1.CCOOCC.COc1c(N)cc(C(C)(C)C)cc1NS(C)(=O)=O.Cc1ccc(C(=O)O)cc1N. The highest BCUT2D eigenvalue weighted by molar-refractivity contribution is 7.92. The van der Waals surface area contributed by atoms with E-state index in [0.29, 0.717) is 58.7 Å². The van der Waals surface area contributed by atoms with Crippen molar-refractivity contribution in [2.75, 3.05) is 86.0 Å². The lowest BCUT2D eigenvalue weighted by molar-refractivity contribution is -0.287. The third kappa shape index (κ3) is 27.4. The van der Waals surface area contributed by atoms with Crippen molar-refractivity contribution in [1.82, 2.24) is 19.1 Å². The predicted molar refractivity (Wildman–Crippen MR) is 373 cm³/mol. The molecule has 27 nitrogen and oxygen atoms in total. The number of anilines is 5. The zero-order valence-electron chi connectivity index (χ0n) is 57.1. The van der Waals surface area contributed by atoms with E-state index in [2.05, 4.69) is 34.5 Å². The van der Waals surface area contributed by atoms with Crippen molar-refractivity contribution in [1.29, 1.82) is 0 Å². The molecule has 96 heavy (non-hydrogen) atoms. The third-order valence-electron chi connectivity index (χ3n) is 12.6. The van der Waals surface area contributed by atoms with Crippen molar-refractivity contribution in [3.63, 3.8) is 0 Å². The molecule has 0 aliphatic carbocycles. The molecule has 7 rings (SSSR count). The average molecular weight is 1380 g/mol. The fourth-order valence-electron chi connectivity index (χ4n) is 7.95. The molecule has 0 bridgehead atoms. The van der Waals surface area contributed by atoms with Crippen molar-refractivity contribution in [2.45, 2.75) is 115 Å². The van der Waals surface area contributed by atoms with Gasteiger partial charge in [-0.2, -0.15) is 0 Å². The largest absolute Gasteiger partial charge is 0.492 e. The summed E-state index contributed by atoms with van der Waals surface area (Å²) in [6.45, 7) is 28.5. The number of carbonyl (C=O) groups is 5. The van der Waals surface area contributed by atoms with Crippen molar-refractivity contribution < 1.29 is 84.9 Å². The normalized spacial score (nSPS) is 10.8. The number of ether oxygens (including phenoxy) is 4. The number of imidazole rings is 2. The van der Waals surface area contributed by atoms with Crippen LogP contribution in [0.15, 0.2) is 104 Å². The van der Waals surface area contributed by atoms with Gasteiger partial charge in [0.05, 0.1) is 98.4 Å². The Bertz CT molecular complexity index is 3960. The van der Waals surface area contributed by atoms with E-state index in [1.807, 2.05) is 76.2 Å². The molecule has 5 aromatic carbocycles. The number of benzene rings is 5. The van der Waals surface area contributed by atoms with Gasteiger partial charge in [-0.3, -0.25) is 14.2 Å². The first kappa shape index (κ1) is 84.5. The van der Waals surface area contributed by atoms with Gasteiger partial charge in [0, 0.05) is 30.3 Å². The maximum atomic E-state index is 13.3. The third-order valence-corrected chi connectivity index (χ3v) is 13.8. The molecule has 0 spiro atoms. The minimum Gasteiger partial charge on any atom is -0.492 e. The molecule has 0 fully saturated rings. The molecule has 0 saturated carbocycles. The number of hydrogen-bond donors (Lipinski definition) is 8. The van der Waals surface area contributed by atoms with Crippen molar-refractivity contribution in [2.24, 2.45) is 0 Å². The van der Waals surface area contributed by atoms with E-state index in [-0.39, 0.29) is 72.0 Å². The van der Waals surface area contributed by atoms with Crippen LogP contribution >= 0.6 is 0 Å². The first-order chi connectivity index (χ1) is 44.2. The number of rotatable bonds is 19. The Balaban J connectivity index is 0.000000660. The summed E-state index contributed by atoms with van der Waals surface area (Å²) in [6, 6.07) is 21.6. The van der Waals surface area contributed by atoms with Gasteiger partial charge in [0.25, 0.3) is 5.91 Å². The molecule has 0 unspecified atom stereocenters. The van der Waals surface area contributed by atoms with E-state index in [0.717, 1.165) is 40.3 Å². The molecule has 0 radical (unpaired) electrons. The number of aliphatic hydroxyl groups excluding tert-OH is 1. The number of hydrogen-bond acceptors (Lipinski definition) is 20. The zero-order chi connectivity index (χ0) is 72.3. The number of carbonyl (C=O) groups excluding carboxylic acids is 3. The molecule has 2 heterocycles. The lowest BCUT2D eigenvalue weighted by Gasteiger charge is -2.24. The van der Waals surface area contributed by atoms with Crippen LogP contribution in [-0.4, -0.2) is 141 Å². The minimum atomic E-state index is -3.60. The van der Waals surface area contributed by atoms with Crippen LogP contribution in [0.2, 0.25) is 0 Å². The monoisotopic (exact) mass is 1380 g/mol. The minimum absolute atomic E-state index is 0. The van der Waals surface area contributed by atoms with E-state index in [1.54, 1.807) is 90.7 Å². The van der Waals surface area contributed by atoms with Gasteiger partial charge in [-0.1, -0.05) is 67.2 Å². The first-order valence-corrected chi connectivity index (χ1v) is 33.3. The standard InChI is InChI=1S/C26H32N4O6S.C14H14N2O4.C12H20N2O3S.C8H9NO2.C4H10O2.C2H6O.CH4/c1-8-36-25(32)21-14-30(15-27-21)22-11-17(10-9-16(22)2)24(31)28-19-12-18(26(3,4)5)13-20(23(19)35-6)29-37(7,33)34;1-3-20-14(19)11-7-16(8-15-11)12-6-10(13(17)18)5-4-9(12)2;1-12(2,3)8-6-9(13)11(17-4)10(7-8)14-18(5,15)16;1-5-2-3-6(8(10)11)4-7(5)9;1-3-5-6-4-2;1-2-3;/h9-15,29H,8H2,1-7H3,(H,28,31);4-8H,3H2,1-2H3,(H,17,18);6-7,14H,13H2,1-5H3;2-4H,9H2,1H3,(H,10,11);3-4H2,1-2H3;3H,2H2,1H3;1H4. The number of aromatic carboxylic acids is 2. The summed E-state index contributed by atoms with van der Waals surface area (Å²) < 4.78 is 75.3. The van der Waals surface area contributed by atoms with E-state index in [9.17, 15) is 40.8 Å². The molecule has 29 heteroatoms. The summed E-state index contributed by atoms with van der Waals surface area (Å²) in [5.41, 5.74) is 19.5. The molecular formula is C67H95N9O18S2. The number of carboxylic acids is 2. The van der Waals surface area contributed by atoms with Gasteiger partial charge < -0.3 is 60.2 Å². The molecule has 528 valence electrons. The van der Waals surface area contributed by atoms with Gasteiger partial charge >= 0.3 is 23.9 Å². The lowest BCUT2D eigenvalue weighted by atomic mass is 9.86. The number of nitrogens with zero attached hydrogens (tertiary/aromatic N) is 4. The number of nitrogens with one attached hydrogen (secondary N) is 3. The maximum absolute atomic E-state index is 13.3. The van der Waals surface area contributed by atoms with Crippen molar-refractivity contribution >= 4 is 78.3 Å². The van der Waals surface area contributed by atoms with E-state index in [1.165, 1.54) is 57.3 Å². The molecule has 7 aromatic rings. The highest BCUT2D eigenvalue weighted by Gasteiger charge is 2.24. The Morgan fingerprint density at radius 2 is 0.896 bits per heavy atom. The quantitative estimate of drug-likeness (QED) is 0.0123. The number of esters is 2. The topological polar surface area (TPSA) is 393 Å². The number of sulfonamides is 2. The summed E-state index contributed by atoms with van der Waals surface area (Å²) in [4.78, 5) is 75.3. The summed E-state index contributed by atoms with van der Waals surface area (Å²) in [5.74, 6) is -2.88. The van der Waals surface area contributed by atoms with E-state index in [4.69, 9.17) is 45.7 Å². The zero-order valence-corrected chi connectivity index (χ0v) is 58.7. The molecule has 2 aromatic heterocycles. The highest BCUT2D eigenvalue weighted by Crippen LogP contribution is 2.40. The lowest BCUT2D eigenvalue weighted by Crippen LogP contribution is -2.18. The molecule has 0 atom stereocenters. The Kier molecular flexibility index (Phi) is 34.1. The van der Waals surface area contributed by atoms with E-state index < -0.39 is 49.8 Å². The van der Waals surface area contributed by atoms with Crippen LogP contribution in [0, 0.1) is 20.8 Å². The number of nitrogen functional groups attached to an aromatic ring is 2. The van der Waals surface area contributed by atoms with Crippen LogP contribution in [-0.2, 0) is 50.1 Å². The number of aryl methyl sites for hydroxylation is 3. The Morgan fingerprint density at radius 1 is 0.531 bits per heavy atom. The molecular weight excluding hydrogens is 1280 g/mol. The summed E-state index contributed by atoms with van der Waals surface area (Å²) >= 11 is 0. The average Bonchev–Trinajstić information content (AvgIpc) is 1.05. The van der Waals surface area contributed by atoms with Crippen LogP contribution < -0.4 is 35.7 Å². The Labute approximate surface area is 563 Å². The van der Waals surface area contributed by atoms with Crippen LogP contribution in [0.4, 0.5) is 28.4 Å². The van der Waals surface area contributed by atoms with E-state index >= 15 is 0 Å². The second-order valence-electron chi connectivity index (χ2n) is 22.5. The van der Waals surface area contributed by atoms with Crippen LogP contribution in [0.3, 0.4) is 0 Å². The fraction of sp³-hybridized carbons (Fsp3) is 0.388. The summed E-state index contributed by atoms with van der Waals surface area (Å²) in [7, 11) is -4.12. The molecule has 10 N–H and O–H groups in total. The van der Waals surface area contributed by atoms with Gasteiger partial charge in [0.2, 0.25) is 20.0 Å². The number of methoxy groups -OCH3 is 2. The molecule has 0 aliphatic rings. The number of nitrogens with two attached hydrogens (primary N) is 2. The number of carboxylic acid groups (broad SMARTS) is 2. The molecule has 0 saturated heterocycles. The number of aliphatic hydroxyl groups is 1. The van der Waals surface area contributed by atoms with Crippen LogP contribution in [0.5, 0.6) is 11.5 Å². The Morgan fingerprint density at radius 3 is 1.26 bits per heavy atom. The Hall–Kier alpha value is -9.55. The fourth-order valence-corrected chi connectivity index (χ4v) is 9.05. The second kappa shape index (κ2) is 38.7. The maximum Gasteiger partial charge on any atom is 0.358 e. The first-order valence-electron chi connectivity index (χ1n) is 29.5. The van der Waals surface area contributed by atoms with Crippen molar-refractivity contribution in [3.8, 4) is 22.9 Å². The summed E-state index contributed by atoms with van der Waals surface area (Å²) in [5, 5.41) is 28.0. The van der Waals surface area contributed by atoms with Crippen molar-refractivity contribution in [3.05, 3.63) is 160 Å². The summed E-state index contributed by atoms with van der Waals surface area (Å²) in [6.07, 6.45) is 8.14. The van der Waals surface area contributed by atoms with Gasteiger partial charge in [-0.15, -0.1) is 0 Å². The van der Waals surface area contributed by atoms with Gasteiger partial charge in [0.15, 0.2) is 22.9 Å². The second-order valence-corrected chi connectivity index (χ2v) is 26.0. The molecule has 0 aliphatic heterocycles. The van der Waals surface area contributed by atoms with Gasteiger partial charge in [0.1, 0.15) is 12.7 Å². The highest BCUT2D eigenvalue weighted by atomic mass is 32.2. The molecule has 1 amide bonds. The predicted octanol–water partition coefficient (Wildman–Crippen LogP) is 11.2. The van der Waals surface area contributed by atoms with Crippen LogP contribution in [0.1, 0.15) is 163 Å².